The number of pyridine rings is 1. The molecule has 0 radical (unpaired) electrons. The molecule has 0 atom stereocenters. The fraction of sp³-hybridized carbons (Fsp3) is 0.308. The van der Waals surface area contributed by atoms with Crippen LogP contribution in [0.4, 0.5) is 11.6 Å². The van der Waals surface area contributed by atoms with Crippen LogP contribution in [0.3, 0.4) is 0 Å². The quantitative estimate of drug-likeness (QED) is 0.891. The molecule has 2 aromatic heterocycles. The maximum absolute atomic E-state index is 11.1. The van der Waals surface area contributed by atoms with Crippen molar-refractivity contribution in [2.45, 2.75) is 19.9 Å². The Balaban J connectivity index is 2.05. The molecule has 20 heavy (non-hydrogen) atoms. The monoisotopic (exact) mass is 291 g/mol. The summed E-state index contributed by atoms with van der Waals surface area (Å²) < 4.78 is 1.92. The summed E-state index contributed by atoms with van der Waals surface area (Å²) in [7, 11) is 0. The number of nitrogens with one attached hydrogen (secondary N) is 2. The van der Waals surface area contributed by atoms with Crippen molar-refractivity contribution in [3.05, 3.63) is 23.5 Å². The van der Waals surface area contributed by atoms with Crippen LogP contribution in [0.2, 0.25) is 5.02 Å². The summed E-state index contributed by atoms with van der Waals surface area (Å²) in [5.41, 5.74) is 1.73. The van der Waals surface area contributed by atoms with Crippen molar-refractivity contribution in [3.63, 3.8) is 0 Å². The molecule has 0 aromatic carbocycles. The molecule has 0 fully saturated rings. The molecule has 2 N–H and O–H groups in total. The molecule has 7 heteroatoms. The molecule has 0 saturated carbocycles. The highest BCUT2D eigenvalue weighted by Gasteiger charge is 2.18. The Bertz CT molecular complexity index is 667. The molecule has 3 heterocycles. The van der Waals surface area contributed by atoms with Crippen molar-refractivity contribution in [2.75, 3.05) is 17.2 Å². The summed E-state index contributed by atoms with van der Waals surface area (Å²) in [6.07, 6.45) is 4.37. The highest BCUT2D eigenvalue weighted by atomic mass is 35.5. The van der Waals surface area contributed by atoms with Crippen molar-refractivity contribution < 1.29 is 4.79 Å². The van der Waals surface area contributed by atoms with Crippen LogP contribution in [-0.4, -0.2) is 27.2 Å². The van der Waals surface area contributed by atoms with Gasteiger partial charge in [0.05, 0.1) is 11.2 Å². The Morgan fingerprint density at radius 3 is 3.10 bits per heavy atom. The standard InChI is InChI=1S/C13H14ClN5O/c1-8(20)18-12-5-9(11(14)7-16-12)10-6-17-19-4-2-3-15-13(10)19/h5-7,15H,2-4H2,1H3,(H,16,18,20). The predicted molar refractivity (Wildman–Crippen MR) is 77.9 cm³/mol. The van der Waals surface area contributed by atoms with E-state index in [0.717, 1.165) is 36.5 Å². The largest absolute Gasteiger partial charge is 0.370 e. The van der Waals surface area contributed by atoms with E-state index in [0.29, 0.717) is 10.8 Å². The van der Waals surface area contributed by atoms with E-state index in [-0.39, 0.29) is 5.91 Å². The number of aryl methyl sites for hydroxylation is 1. The van der Waals surface area contributed by atoms with E-state index in [9.17, 15) is 4.79 Å². The minimum Gasteiger partial charge on any atom is -0.370 e. The molecule has 1 aliphatic rings. The fourth-order valence-corrected chi connectivity index (χ4v) is 2.47. The Morgan fingerprint density at radius 2 is 2.30 bits per heavy atom. The summed E-state index contributed by atoms with van der Waals surface area (Å²) in [5, 5.41) is 10.9. The van der Waals surface area contributed by atoms with Gasteiger partial charge in [-0.2, -0.15) is 5.10 Å². The van der Waals surface area contributed by atoms with E-state index in [2.05, 4.69) is 20.7 Å². The lowest BCUT2D eigenvalue weighted by Crippen LogP contribution is -2.17. The average Bonchev–Trinajstić information content (AvgIpc) is 2.84. The lowest BCUT2D eigenvalue weighted by Gasteiger charge is -2.17. The maximum Gasteiger partial charge on any atom is 0.222 e. The van der Waals surface area contributed by atoms with Gasteiger partial charge >= 0.3 is 0 Å². The normalized spacial score (nSPS) is 13.5. The van der Waals surface area contributed by atoms with E-state index in [1.54, 1.807) is 12.3 Å². The third-order valence-corrected chi connectivity index (χ3v) is 3.43. The van der Waals surface area contributed by atoms with Gasteiger partial charge in [0.2, 0.25) is 5.91 Å². The lowest BCUT2D eigenvalue weighted by molar-refractivity contribution is -0.114. The molecular weight excluding hydrogens is 278 g/mol. The number of carbonyl (C=O) groups is 1. The van der Waals surface area contributed by atoms with Crippen molar-refractivity contribution >= 4 is 29.1 Å². The number of nitrogens with zero attached hydrogens (tertiary/aromatic N) is 3. The summed E-state index contributed by atoms with van der Waals surface area (Å²) in [6.45, 7) is 3.25. The number of anilines is 2. The molecule has 0 spiro atoms. The van der Waals surface area contributed by atoms with Gasteiger partial charge in [-0.15, -0.1) is 0 Å². The zero-order valence-electron chi connectivity index (χ0n) is 11.0. The number of halogens is 1. The van der Waals surface area contributed by atoms with E-state index in [4.69, 9.17) is 11.6 Å². The first-order valence-electron chi connectivity index (χ1n) is 6.38. The van der Waals surface area contributed by atoms with E-state index >= 15 is 0 Å². The third-order valence-electron chi connectivity index (χ3n) is 3.13. The molecule has 0 saturated heterocycles. The Kier molecular flexibility index (Phi) is 3.31. The van der Waals surface area contributed by atoms with Crippen LogP contribution in [0.15, 0.2) is 18.5 Å². The molecule has 3 rings (SSSR count). The van der Waals surface area contributed by atoms with Crippen molar-refractivity contribution in [1.29, 1.82) is 0 Å². The van der Waals surface area contributed by atoms with Crippen LogP contribution in [0.25, 0.3) is 11.1 Å². The molecule has 2 aromatic rings. The van der Waals surface area contributed by atoms with Crippen LogP contribution >= 0.6 is 11.6 Å². The van der Waals surface area contributed by atoms with Crippen molar-refractivity contribution in [1.82, 2.24) is 14.8 Å². The SMILES string of the molecule is CC(=O)Nc1cc(-c2cnn3c2NCCC3)c(Cl)cn1. The fourth-order valence-electron chi connectivity index (χ4n) is 2.27. The van der Waals surface area contributed by atoms with E-state index in [1.807, 2.05) is 4.68 Å². The second-order valence-corrected chi connectivity index (χ2v) is 5.05. The number of rotatable bonds is 2. The summed E-state index contributed by atoms with van der Waals surface area (Å²) in [4.78, 5) is 15.2. The Labute approximate surface area is 121 Å². The topological polar surface area (TPSA) is 71.8 Å². The van der Waals surface area contributed by atoms with Gasteiger partial charge in [0, 0.05) is 37.3 Å². The highest BCUT2D eigenvalue weighted by molar-refractivity contribution is 6.33. The van der Waals surface area contributed by atoms with E-state index < -0.39 is 0 Å². The van der Waals surface area contributed by atoms with E-state index in [1.165, 1.54) is 13.1 Å². The number of amides is 1. The van der Waals surface area contributed by atoms with Gasteiger partial charge in [-0.1, -0.05) is 11.6 Å². The zero-order valence-corrected chi connectivity index (χ0v) is 11.7. The Hall–Kier alpha value is -2.08. The first-order valence-corrected chi connectivity index (χ1v) is 6.76. The smallest absolute Gasteiger partial charge is 0.222 e. The number of carbonyl (C=O) groups excluding carboxylic acids is 1. The van der Waals surface area contributed by atoms with Gasteiger partial charge in [-0.25, -0.2) is 9.67 Å². The number of fused-ring (bicyclic) bond motifs is 1. The van der Waals surface area contributed by atoms with Crippen molar-refractivity contribution in [2.24, 2.45) is 0 Å². The van der Waals surface area contributed by atoms with Crippen LogP contribution < -0.4 is 10.6 Å². The second kappa shape index (κ2) is 5.13. The summed E-state index contributed by atoms with van der Waals surface area (Å²) >= 11 is 6.23. The number of aromatic nitrogens is 3. The minimum atomic E-state index is -0.166. The molecular formula is C13H14ClN5O. The molecule has 1 aliphatic heterocycles. The predicted octanol–water partition coefficient (Wildman–Crippen LogP) is 2.37. The number of hydrogen-bond acceptors (Lipinski definition) is 4. The lowest BCUT2D eigenvalue weighted by atomic mass is 10.1. The molecule has 0 unspecified atom stereocenters. The van der Waals surface area contributed by atoms with Gasteiger partial charge in [0.15, 0.2) is 0 Å². The molecule has 0 bridgehead atoms. The summed E-state index contributed by atoms with van der Waals surface area (Å²) in [6, 6.07) is 1.76. The van der Waals surface area contributed by atoms with Gasteiger partial charge in [0.1, 0.15) is 11.6 Å². The van der Waals surface area contributed by atoms with Gasteiger partial charge in [-0.3, -0.25) is 4.79 Å². The first kappa shape index (κ1) is 12.9. The van der Waals surface area contributed by atoms with Gasteiger partial charge < -0.3 is 10.6 Å². The van der Waals surface area contributed by atoms with Crippen LogP contribution in [0, 0.1) is 0 Å². The number of hydrogen-bond donors (Lipinski definition) is 2. The minimum absolute atomic E-state index is 0.166. The molecule has 104 valence electrons. The first-order chi connectivity index (χ1) is 9.65. The van der Waals surface area contributed by atoms with Crippen molar-refractivity contribution in [3.8, 4) is 11.1 Å². The second-order valence-electron chi connectivity index (χ2n) is 4.64. The van der Waals surface area contributed by atoms with Crippen LogP contribution in [0.1, 0.15) is 13.3 Å². The van der Waals surface area contributed by atoms with Crippen LogP contribution in [-0.2, 0) is 11.3 Å². The van der Waals surface area contributed by atoms with Gasteiger partial charge in [-0.05, 0) is 12.5 Å². The maximum atomic E-state index is 11.1. The molecule has 0 aliphatic carbocycles. The summed E-state index contributed by atoms with van der Waals surface area (Å²) in [5.74, 6) is 1.27. The van der Waals surface area contributed by atoms with Gasteiger partial charge in [0.25, 0.3) is 0 Å². The molecule has 1 amide bonds. The van der Waals surface area contributed by atoms with Crippen LogP contribution in [0.5, 0.6) is 0 Å². The average molecular weight is 292 g/mol. The zero-order chi connectivity index (χ0) is 14.1. The molecule has 6 nitrogen and oxygen atoms in total. The highest BCUT2D eigenvalue weighted by Crippen LogP contribution is 2.35. The Morgan fingerprint density at radius 1 is 1.45 bits per heavy atom. The third kappa shape index (κ3) is 2.34.